The Kier molecular flexibility index (Phi) is 7.87. The molecule has 8 nitrogen and oxygen atoms in total. The van der Waals surface area contributed by atoms with Crippen LogP contribution in [0.15, 0.2) is 42.5 Å². The van der Waals surface area contributed by atoms with Crippen LogP contribution in [-0.4, -0.2) is 48.9 Å². The van der Waals surface area contributed by atoms with E-state index in [1.165, 1.54) is 37.4 Å². The number of hydrogen-bond acceptors (Lipinski definition) is 5. The maximum Gasteiger partial charge on any atom is 0.269 e. The van der Waals surface area contributed by atoms with Gasteiger partial charge in [-0.3, -0.25) is 25.2 Å². The van der Waals surface area contributed by atoms with E-state index >= 15 is 0 Å². The van der Waals surface area contributed by atoms with E-state index in [1.807, 2.05) is 13.8 Å². The SMILES string of the molecule is COc1cc(C(=O)NNC(=O)C2CCCN(C(=O)c3ccc(F)cc3)C2)ccc1OC(C)C. The Labute approximate surface area is 192 Å². The number of methoxy groups -OCH3 is 1. The molecule has 2 aromatic rings. The average molecular weight is 458 g/mol. The first-order valence-electron chi connectivity index (χ1n) is 10.8. The van der Waals surface area contributed by atoms with E-state index in [4.69, 9.17) is 9.47 Å². The Morgan fingerprint density at radius 3 is 2.39 bits per heavy atom. The quantitative estimate of drug-likeness (QED) is 0.650. The number of likely N-dealkylation sites (tertiary alicyclic amines) is 1. The van der Waals surface area contributed by atoms with Gasteiger partial charge in [-0.2, -0.15) is 0 Å². The number of carbonyl (C=O) groups excluding carboxylic acids is 3. The number of piperidine rings is 1. The molecule has 9 heteroatoms. The Morgan fingerprint density at radius 1 is 1.03 bits per heavy atom. The lowest BCUT2D eigenvalue weighted by Crippen LogP contribution is -2.50. The Morgan fingerprint density at radius 2 is 1.73 bits per heavy atom. The van der Waals surface area contributed by atoms with Gasteiger partial charge >= 0.3 is 0 Å². The number of nitrogens with one attached hydrogen (secondary N) is 2. The number of ether oxygens (including phenoxy) is 2. The fourth-order valence-electron chi connectivity index (χ4n) is 3.60. The smallest absolute Gasteiger partial charge is 0.269 e. The van der Waals surface area contributed by atoms with Gasteiger partial charge in [0, 0.05) is 24.2 Å². The topological polar surface area (TPSA) is 97.0 Å². The second-order valence-electron chi connectivity index (χ2n) is 8.07. The van der Waals surface area contributed by atoms with Gasteiger partial charge in [-0.25, -0.2) is 4.39 Å². The second kappa shape index (κ2) is 10.8. The molecule has 1 unspecified atom stereocenters. The van der Waals surface area contributed by atoms with Crippen molar-refractivity contribution in [2.75, 3.05) is 20.2 Å². The van der Waals surface area contributed by atoms with Crippen molar-refractivity contribution in [3.05, 3.63) is 59.4 Å². The summed E-state index contributed by atoms with van der Waals surface area (Å²) in [6.07, 6.45) is 1.18. The number of hydrogen-bond donors (Lipinski definition) is 2. The van der Waals surface area contributed by atoms with Crippen molar-refractivity contribution in [3.8, 4) is 11.5 Å². The van der Waals surface area contributed by atoms with Crippen LogP contribution in [0.2, 0.25) is 0 Å². The van der Waals surface area contributed by atoms with E-state index in [-0.39, 0.29) is 24.5 Å². The zero-order chi connectivity index (χ0) is 24.0. The van der Waals surface area contributed by atoms with Gasteiger partial charge in [-0.15, -0.1) is 0 Å². The Hall–Kier alpha value is -3.62. The minimum atomic E-state index is -0.507. The van der Waals surface area contributed by atoms with Crippen LogP contribution < -0.4 is 20.3 Å². The summed E-state index contributed by atoms with van der Waals surface area (Å²) >= 11 is 0. The number of nitrogens with zero attached hydrogens (tertiary/aromatic N) is 1. The minimum Gasteiger partial charge on any atom is -0.493 e. The normalized spacial score (nSPS) is 15.7. The summed E-state index contributed by atoms with van der Waals surface area (Å²) in [7, 11) is 1.48. The van der Waals surface area contributed by atoms with Crippen LogP contribution in [0.5, 0.6) is 11.5 Å². The fourth-order valence-corrected chi connectivity index (χ4v) is 3.60. The summed E-state index contributed by atoms with van der Waals surface area (Å²) in [6.45, 7) is 4.49. The van der Waals surface area contributed by atoms with E-state index in [9.17, 15) is 18.8 Å². The molecule has 0 aromatic heterocycles. The summed E-state index contributed by atoms with van der Waals surface area (Å²) < 4.78 is 24.0. The highest BCUT2D eigenvalue weighted by Gasteiger charge is 2.29. The number of amides is 3. The van der Waals surface area contributed by atoms with Gasteiger partial charge in [0.05, 0.1) is 19.1 Å². The summed E-state index contributed by atoms with van der Waals surface area (Å²) in [4.78, 5) is 39.4. The zero-order valence-corrected chi connectivity index (χ0v) is 18.9. The molecule has 0 saturated carbocycles. The molecule has 1 heterocycles. The molecule has 1 fully saturated rings. The van der Waals surface area contributed by atoms with Crippen molar-refractivity contribution in [2.24, 2.45) is 5.92 Å². The Balaban J connectivity index is 1.57. The van der Waals surface area contributed by atoms with Gasteiger partial charge < -0.3 is 14.4 Å². The summed E-state index contributed by atoms with van der Waals surface area (Å²) in [5.41, 5.74) is 5.51. The van der Waals surface area contributed by atoms with Gasteiger partial charge in [-0.1, -0.05) is 0 Å². The predicted octanol–water partition coefficient (Wildman–Crippen LogP) is 2.93. The molecule has 3 rings (SSSR count). The number of halogens is 1. The van der Waals surface area contributed by atoms with Gasteiger partial charge in [0.25, 0.3) is 11.8 Å². The average Bonchev–Trinajstić information content (AvgIpc) is 2.82. The third kappa shape index (κ3) is 6.21. The zero-order valence-electron chi connectivity index (χ0n) is 18.9. The molecule has 1 atom stereocenters. The molecule has 2 aromatic carbocycles. The van der Waals surface area contributed by atoms with E-state index in [0.717, 1.165) is 0 Å². The van der Waals surface area contributed by atoms with Crippen molar-refractivity contribution < 1.29 is 28.2 Å². The largest absolute Gasteiger partial charge is 0.493 e. The molecule has 0 bridgehead atoms. The van der Waals surface area contributed by atoms with Crippen LogP contribution in [0.25, 0.3) is 0 Å². The molecule has 1 aliphatic rings. The van der Waals surface area contributed by atoms with Crippen molar-refractivity contribution in [2.45, 2.75) is 32.8 Å². The third-order valence-corrected chi connectivity index (χ3v) is 5.26. The first-order valence-corrected chi connectivity index (χ1v) is 10.8. The van der Waals surface area contributed by atoms with Crippen LogP contribution in [0, 0.1) is 11.7 Å². The maximum atomic E-state index is 13.1. The lowest BCUT2D eigenvalue weighted by molar-refractivity contribution is -0.127. The van der Waals surface area contributed by atoms with Crippen LogP contribution >= 0.6 is 0 Å². The van der Waals surface area contributed by atoms with E-state index in [1.54, 1.807) is 17.0 Å². The highest BCUT2D eigenvalue weighted by molar-refractivity contribution is 5.97. The minimum absolute atomic E-state index is 0.0529. The van der Waals surface area contributed by atoms with Crippen LogP contribution in [0.1, 0.15) is 47.4 Å². The van der Waals surface area contributed by atoms with Crippen molar-refractivity contribution >= 4 is 17.7 Å². The van der Waals surface area contributed by atoms with E-state index < -0.39 is 17.6 Å². The number of rotatable bonds is 6. The predicted molar refractivity (Wildman–Crippen MR) is 119 cm³/mol. The molecule has 1 saturated heterocycles. The fraction of sp³-hybridized carbons (Fsp3) is 0.375. The molecular formula is C24H28FN3O5. The molecule has 0 aliphatic carbocycles. The van der Waals surface area contributed by atoms with Crippen LogP contribution in [0.3, 0.4) is 0 Å². The number of hydrazine groups is 1. The molecule has 176 valence electrons. The molecule has 0 spiro atoms. The highest BCUT2D eigenvalue weighted by atomic mass is 19.1. The highest BCUT2D eigenvalue weighted by Crippen LogP contribution is 2.29. The summed E-state index contributed by atoms with van der Waals surface area (Å²) in [5, 5.41) is 0. The molecule has 33 heavy (non-hydrogen) atoms. The molecule has 2 N–H and O–H groups in total. The van der Waals surface area contributed by atoms with Crippen LogP contribution in [0.4, 0.5) is 4.39 Å². The first-order chi connectivity index (χ1) is 15.8. The molecular weight excluding hydrogens is 429 g/mol. The summed E-state index contributed by atoms with van der Waals surface area (Å²) in [5.74, 6) is -1.12. The van der Waals surface area contributed by atoms with E-state index in [2.05, 4.69) is 10.9 Å². The lowest BCUT2D eigenvalue weighted by Gasteiger charge is -2.32. The second-order valence-corrected chi connectivity index (χ2v) is 8.07. The van der Waals surface area contributed by atoms with Crippen molar-refractivity contribution in [1.82, 2.24) is 15.8 Å². The van der Waals surface area contributed by atoms with Gasteiger partial charge in [0.2, 0.25) is 5.91 Å². The van der Waals surface area contributed by atoms with Gasteiger partial charge in [-0.05, 0) is 69.2 Å². The summed E-state index contributed by atoms with van der Waals surface area (Å²) in [6, 6.07) is 10.0. The van der Waals surface area contributed by atoms with Crippen molar-refractivity contribution in [3.63, 3.8) is 0 Å². The number of carbonyl (C=O) groups is 3. The monoisotopic (exact) mass is 457 g/mol. The first kappa shape index (κ1) is 24.0. The van der Waals surface area contributed by atoms with Crippen molar-refractivity contribution in [1.29, 1.82) is 0 Å². The van der Waals surface area contributed by atoms with Crippen LogP contribution in [-0.2, 0) is 4.79 Å². The lowest BCUT2D eigenvalue weighted by atomic mass is 9.96. The van der Waals surface area contributed by atoms with E-state index in [0.29, 0.717) is 42.0 Å². The molecule has 0 radical (unpaired) electrons. The standard InChI is InChI=1S/C24H28FN3O5/c1-15(2)33-20-11-8-17(13-21(20)32-3)22(29)26-27-23(30)18-5-4-12-28(14-18)24(31)16-6-9-19(25)10-7-16/h6-11,13,15,18H,4-5,12,14H2,1-3H3,(H,26,29)(H,27,30). The third-order valence-electron chi connectivity index (χ3n) is 5.26. The maximum absolute atomic E-state index is 13.1. The molecule has 1 aliphatic heterocycles. The Bertz CT molecular complexity index is 1010. The van der Waals surface area contributed by atoms with Gasteiger partial charge in [0.1, 0.15) is 5.82 Å². The van der Waals surface area contributed by atoms with Gasteiger partial charge in [0.15, 0.2) is 11.5 Å². The molecule has 3 amide bonds. The number of benzene rings is 2.